The fourth-order valence-electron chi connectivity index (χ4n) is 2.60. The summed E-state index contributed by atoms with van der Waals surface area (Å²) in [5, 5.41) is 5.66. The van der Waals surface area contributed by atoms with Crippen molar-refractivity contribution in [2.75, 3.05) is 0 Å². The summed E-state index contributed by atoms with van der Waals surface area (Å²) in [6.45, 7) is 2.26. The van der Waals surface area contributed by atoms with Gasteiger partial charge in [0.2, 0.25) is 0 Å². The third-order valence-electron chi connectivity index (χ3n) is 4.02. The SMILES string of the molecule is C[C@H](NC(=O)c1nc[nH]c1C(=O)NCc1ccccc1)c1ccccc1. The first-order valence-corrected chi connectivity index (χ1v) is 8.36. The molecular formula is C20H20N4O2. The number of carbonyl (C=O) groups excluding carboxylic acids is 2. The number of hydrogen-bond acceptors (Lipinski definition) is 3. The van der Waals surface area contributed by atoms with Crippen LogP contribution >= 0.6 is 0 Å². The van der Waals surface area contributed by atoms with Crippen molar-refractivity contribution in [1.29, 1.82) is 0 Å². The molecule has 1 atom stereocenters. The van der Waals surface area contributed by atoms with E-state index in [9.17, 15) is 9.59 Å². The van der Waals surface area contributed by atoms with E-state index in [2.05, 4.69) is 20.6 Å². The minimum absolute atomic E-state index is 0.0818. The van der Waals surface area contributed by atoms with E-state index in [0.717, 1.165) is 11.1 Å². The molecule has 0 aliphatic rings. The Morgan fingerprint density at radius 2 is 1.65 bits per heavy atom. The zero-order valence-electron chi connectivity index (χ0n) is 14.4. The number of amides is 2. The van der Waals surface area contributed by atoms with Crippen molar-refractivity contribution in [3.8, 4) is 0 Å². The molecule has 132 valence electrons. The smallest absolute Gasteiger partial charge is 0.272 e. The van der Waals surface area contributed by atoms with E-state index in [1.807, 2.05) is 67.6 Å². The van der Waals surface area contributed by atoms with Gasteiger partial charge in [0.05, 0.1) is 12.4 Å². The Morgan fingerprint density at radius 3 is 2.35 bits per heavy atom. The highest BCUT2D eigenvalue weighted by atomic mass is 16.2. The Morgan fingerprint density at radius 1 is 1.00 bits per heavy atom. The highest BCUT2D eigenvalue weighted by Gasteiger charge is 2.21. The number of aromatic nitrogens is 2. The van der Waals surface area contributed by atoms with Gasteiger partial charge in [-0.15, -0.1) is 0 Å². The van der Waals surface area contributed by atoms with E-state index < -0.39 is 5.91 Å². The lowest BCUT2D eigenvalue weighted by atomic mass is 10.1. The van der Waals surface area contributed by atoms with Crippen molar-refractivity contribution in [3.05, 3.63) is 89.5 Å². The molecule has 26 heavy (non-hydrogen) atoms. The van der Waals surface area contributed by atoms with Gasteiger partial charge in [0, 0.05) is 6.54 Å². The molecule has 2 amide bonds. The Labute approximate surface area is 151 Å². The van der Waals surface area contributed by atoms with Gasteiger partial charge >= 0.3 is 0 Å². The monoisotopic (exact) mass is 348 g/mol. The molecule has 6 nitrogen and oxygen atoms in total. The molecule has 0 spiro atoms. The molecule has 0 unspecified atom stereocenters. The van der Waals surface area contributed by atoms with E-state index in [1.54, 1.807) is 0 Å². The zero-order valence-corrected chi connectivity index (χ0v) is 14.4. The fraction of sp³-hybridized carbons (Fsp3) is 0.150. The van der Waals surface area contributed by atoms with Crippen LogP contribution in [-0.2, 0) is 6.54 Å². The van der Waals surface area contributed by atoms with Gasteiger partial charge in [0.25, 0.3) is 11.8 Å². The van der Waals surface area contributed by atoms with E-state index in [4.69, 9.17) is 0 Å². The summed E-state index contributed by atoms with van der Waals surface area (Å²) in [5.74, 6) is -0.767. The molecule has 0 aliphatic carbocycles. The molecule has 2 aromatic carbocycles. The number of imidazole rings is 1. The summed E-state index contributed by atoms with van der Waals surface area (Å²) in [4.78, 5) is 31.7. The lowest BCUT2D eigenvalue weighted by Gasteiger charge is -2.14. The van der Waals surface area contributed by atoms with Crippen LogP contribution in [0.3, 0.4) is 0 Å². The highest BCUT2D eigenvalue weighted by molar-refractivity contribution is 6.04. The van der Waals surface area contributed by atoms with Gasteiger partial charge < -0.3 is 15.6 Å². The first kappa shape index (κ1) is 17.4. The van der Waals surface area contributed by atoms with Crippen molar-refractivity contribution >= 4 is 11.8 Å². The van der Waals surface area contributed by atoms with E-state index in [1.165, 1.54) is 6.33 Å². The highest BCUT2D eigenvalue weighted by Crippen LogP contribution is 2.13. The second-order valence-corrected chi connectivity index (χ2v) is 5.90. The predicted octanol–water partition coefficient (Wildman–Crippen LogP) is 2.83. The van der Waals surface area contributed by atoms with Crippen LogP contribution in [0.5, 0.6) is 0 Å². The maximum absolute atomic E-state index is 12.5. The van der Waals surface area contributed by atoms with Gasteiger partial charge in [-0.05, 0) is 18.1 Å². The maximum Gasteiger partial charge on any atom is 0.272 e. The molecule has 0 radical (unpaired) electrons. The number of nitrogens with zero attached hydrogens (tertiary/aromatic N) is 1. The molecule has 1 heterocycles. The number of rotatable bonds is 6. The molecule has 3 N–H and O–H groups in total. The summed E-state index contributed by atoms with van der Waals surface area (Å²) >= 11 is 0. The second kappa shape index (κ2) is 8.11. The third-order valence-corrected chi connectivity index (χ3v) is 4.02. The van der Waals surface area contributed by atoms with Crippen LogP contribution in [-0.4, -0.2) is 21.8 Å². The second-order valence-electron chi connectivity index (χ2n) is 5.90. The Kier molecular flexibility index (Phi) is 5.43. The van der Waals surface area contributed by atoms with Crippen molar-refractivity contribution in [2.45, 2.75) is 19.5 Å². The van der Waals surface area contributed by atoms with Crippen molar-refractivity contribution < 1.29 is 9.59 Å². The van der Waals surface area contributed by atoms with E-state index in [0.29, 0.717) is 6.54 Å². The van der Waals surface area contributed by atoms with Crippen LogP contribution in [0.4, 0.5) is 0 Å². The van der Waals surface area contributed by atoms with Crippen molar-refractivity contribution in [1.82, 2.24) is 20.6 Å². The molecule has 6 heteroatoms. The van der Waals surface area contributed by atoms with Gasteiger partial charge in [0.1, 0.15) is 5.69 Å². The molecule has 1 aromatic heterocycles. The summed E-state index contributed by atoms with van der Waals surface area (Å²) in [7, 11) is 0. The summed E-state index contributed by atoms with van der Waals surface area (Å²) in [6.07, 6.45) is 1.35. The molecule has 0 fully saturated rings. The van der Waals surface area contributed by atoms with Gasteiger partial charge in [-0.1, -0.05) is 60.7 Å². The molecule has 0 bridgehead atoms. The minimum atomic E-state index is -0.396. The summed E-state index contributed by atoms with van der Waals surface area (Å²) in [6, 6.07) is 19.0. The Balaban J connectivity index is 1.65. The average molecular weight is 348 g/mol. The number of benzene rings is 2. The van der Waals surface area contributed by atoms with Crippen LogP contribution in [0.25, 0.3) is 0 Å². The zero-order chi connectivity index (χ0) is 18.4. The number of carbonyl (C=O) groups is 2. The summed E-state index contributed by atoms with van der Waals surface area (Å²) < 4.78 is 0. The average Bonchev–Trinajstić information content (AvgIpc) is 3.17. The van der Waals surface area contributed by atoms with Gasteiger partial charge in [-0.3, -0.25) is 9.59 Å². The molecular weight excluding hydrogens is 328 g/mol. The van der Waals surface area contributed by atoms with Crippen LogP contribution < -0.4 is 10.6 Å². The molecule has 0 saturated carbocycles. The first-order valence-electron chi connectivity index (χ1n) is 8.36. The maximum atomic E-state index is 12.5. The number of hydrogen-bond donors (Lipinski definition) is 3. The molecule has 0 aliphatic heterocycles. The molecule has 3 rings (SSSR count). The van der Waals surface area contributed by atoms with Gasteiger partial charge in [0.15, 0.2) is 5.69 Å². The number of H-pyrrole nitrogens is 1. The third kappa shape index (κ3) is 4.16. The lowest BCUT2D eigenvalue weighted by molar-refractivity contribution is 0.0905. The van der Waals surface area contributed by atoms with Gasteiger partial charge in [-0.25, -0.2) is 4.98 Å². The van der Waals surface area contributed by atoms with Crippen LogP contribution in [0.2, 0.25) is 0 Å². The van der Waals surface area contributed by atoms with Gasteiger partial charge in [-0.2, -0.15) is 0 Å². The Bertz CT molecular complexity index is 875. The largest absolute Gasteiger partial charge is 0.347 e. The van der Waals surface area contributed by atoms with Crippen molar-refractivity contribution in [2.24, 2.45) is 0 Å². The topological polar surface area (TPSA) is 86.9 Å². The fourth-order valence-corrected chi connectivity index (χ4v) is 2.60. The van der Waals surface area contributed by atoms with Crippen LogP contribution in [0.1, 0.15) is 45.1 Å². The van der Waals surface area contributed by atoms with E-state index in [-0.39, 0.29) is 23.3 Å². The van der Waals surface area contributed by atoms with Crippen LogP contribution in [0.15, 0.2) is 67.0 Å². The number of aromatic amines is 1. The normalized spacial score (nSPS) is 11.6. The minimum Gasteiger partial charge on any atom is -0.347 e. The van der Waals surface area contributed by atoms with Crippen molar-refractivity contribution in [3.63, 3.8) is 0 Å². The Hall–Kier alpha value is -3.41. The molecule has 0 saturated heterocycles. The van der Waals surface area contributed by atoms with E-state index >= 15 is 0 Å². The summed E-state index contributed by atoms with van der Waals surface area (Å²) in [5.41, 5.74) is 2.19. The predicted molar refractivity (Wildman–Crippen MR) is 98.5 cm³/mol. The first-order chi connectivity index (χ1) is 12.6. The quantitative estimate of drug-likeness (QED) is 0.640. The number of nitrogens with one attached hydrogen (secondary N) is 3. The standard InChI is InChI=1S/C20H20N4O2/c1-14(16-10-6-3-7-11-16)24-20(26)18-17(22-13-23-18)19(25)21-12-15-8-4-2-5-9-15/h2-11,13-14H,12H2,1H3,(H,21,25)(H,22,23)(H,24,26)/t14-/m0/s1. The van der Waals surface area contributed by atoms with Crippen LogP contribution in [0, 0.1) is 0 Å². The molecule has 3 aromatic rings. The lowest BCUT2D eigenvalue weighted by Crippen LogP contribution is -2.31.